The molecule has 0 amide bonds. The van der Waals surface area contributed by atoms with E-state index in [0.29, 0.717) is 13.4 Å². The molecule has 0 radical (unpaired) electrons. The van der Waals surface area contributed by atoms with E-state index in [0.717, 1.165) is 24.2 Å². The van der Waals surface area contributed by atoms with Crippen molar-refractivity contribution in [2.24, 2.45) is 0 Å². The van der Waals surface area contributed by atoms with E-state index in [1.165, 1.54) is 19.3 Å². The Morgan fingerprint density at radius 2 is 1.74 bits per heavy atom. The Labute approximate surface area is 115 Å². The minimum atomic E-state index is 0.0260. The van der Waals surface area contributed by atoms with Crippen molar-refractivity contribution in [3.8, 4) is 5.75 Å². The van der Waals surface area contributed by atoms with Crippen LogP contribution in [0.15, 0.2) is 24.3 Å². The van der Waals surface area contributed by atoms with Crippen LogP contribution in [-0.4, -0.2) is 19.5 Å². The maximum absolute atomic E-state index is 5.89. The van der Waals surface area contributed by atoms with Gasteiger partial charge in [0.15, 0.2) is 0 Å². The van der Waals surface area contributed by atoms with E-state index >= 15 is 0 Å². The van der Waals surface area contributed by atoms with Gasteiger partial charge in [0, 0.05) is 0 Å². The zero-order valence-electron chi connectivity index (χ0n) is 12.0. The highest BCUT2D eigenvalue weighted by Gasteiger charge is 2.27. The van der Waals surface area contributed by atoms with Crippen LogP contribution in [0.2, 0.25) is 0 Å². The molecule has 106 valence electrons. The molecule has 1 aliphatic carbocycles. The molecular formula is C16H24O3. The third-order valence-corrected chi connectivity index (χ3v) is 3.83. The predicted molar refractivity (Wildman–Crippen MR) is 75.2 cm³/mol. The Kier molecular flexibility index (Phi) is 5.23. The molecule has 1 fully saturated rings. The number of hydrogen-bond acceptors (Lipinski definition) is 3. The first kappa shape index (κ1) is 14.4. The van der Waals surface area contributed by atoms with Gasteiger partial charge in [-0.1, -0.05) is 31.4 Å². The molecule has 0 aliphatic heterocycles. The lowest BCUT2D eigenvalue weighted by atomic mass is 9.86. The molecule has 0 bridgehead atoms. The average Bonchev–Trinajstić information content (AvgIpc) is 2.45. The van der Waals surface area contributed by atoms with E-state index in [1.54, 1.807) is 7.11 Å². The second-order valence-corrected chi connectivity index (χ2v) is 5.47. The molecule has 3 nitrogen and oxygen atoms in total. The van der Waals surface area contributed by atoms with Crippen LogP contribution in [-0.2, 0) is 16.1 Å². The summed E-state index contributed by atoms with van der Waals surface area (Å²) in [6.45, 7) is 3.16. The molecule has 0 spiro atoms. The van der Waals surface area contributed by atoms with Gasteiger partial charge in [0.1, 0.15) is 12.5 Å². The zero-order chi connectivity index (χ0) is 13.6. The second kappa shape index (κ2) is 6.92. The van der Waals surface area contributed by atoms with Crippen molar-refractivity contribution in [3.05, 3.63) is 29.8 Å². The molecule has 0 atom stereocenters. The van der Waals surface area contributed by atoms with E-state index in [1.807, 2.05) is 24.3 Å². The van der Waals surface area contributed by atoms with Crippen LogP contribution < -0.4 is 4.74 Å². The van der Waals surface area contributed by atoms with Crippen LogP contribution in [0.3, 0.4) is 0 Å². The molecule has 1 aliphatic rings. The summed E-state index contributed by atoms with van der Waals surface area (Å²) in [5, 5.41) is 0. The third-order valence-electron chi connectivity index (χ3n) is 3.83. The Morgan fingerprint density at radius 1 is 1.05 bits per heavy atom. The van der Waals surface area contributed by atoms with E-state index < -0.39 is 0 Å². The van der Waals surface area contributed by atoms with Crippen LogP contribution in [0.1, 0.15) is 44.6 Å². The second-order valence-electron chi connectivity index (χ2n) is 5.47. The van der Waals surface area contributed by atoms with Crippen molar-refractivity contribution in [2.75, 3.05) is 13.9 Å². The van der Waals surface area contributed by atoms with E-state index in [9.17, 15) is 0 Å². The molecule has 1 aromatic carbocycles. The predicted octanol–water partition coefficient (Wildman–Crippen LogP) is 3.91. The molecule has 1 saturated carbocycles. The standard InChI is InChI=1S/C16H24O3/c1-16(10-4-3-5-11-16)19-13-18-12-14-6-8-15(17-2)9-7-14/h6-9H,3-5,10-13H2,1-2H3. The highest BCUT2D eigenvalue weighted by molar-refractivity contribution is 5.26. The Morgan fingerprint density at radius 3 is 2.37 bits per heavy atom. The first-order valence-corrected chi connectivity index (χ1v) is 7.06. The summed E-state index contributed by atoms with van der Waals surface area (Å²) in [5.41, 5.74) is 1.16. The molecule has 19 heavy (non-hydrogen) atoms. The van der Waals surface area contributed by atoms with Crippen LogP contribution in [0.4, 0.5) is 0 Å². The van der Waals surface area contributed by atoms with Crippen molar-refractivity contribution in [1.29, 1.82) is 0 Å². The molecule has 0 aromatic heterocycles. The van der Waals surface area contributed by atoms with Gasteiger partial charge in [-0.2, -0.15) is 0 Å². The SMILES string of the molecule is COc1ccc(COCOC2(C)CCCCC2)cc1. The quantitative estimate of drug-likeness (QED) is 0.576. The van der Waals surface area contributed by atoms with Crippen molar-refractivity contribution >= 4 is 0 Å². The fourth-order valence-corrected chi connectivity index (χ4v) is 2.51. The molecular weight excluding hydrogens is 240 g/mol. The summed E-state index contributed by atoms with van der Waals surface area (Å²) >= 11 is 0. The smallest absolute Gasteiger partial charge is 0.147 e. The fraction of sp³-hybridized carbons (Fsp3) is 0.625. The summed E-state index contributed by atoms with van der Waals surface area (Å²) in [7, 11) is 1.67. The Bertz CT molecular complexity index is 366. The normalized spacial score (nSPS) is 18.2. The highest BCUT2D eigenvalue weighted by atomic mass is 16.7. The highest BCUT2D eigenvalue weighted by Crippen LogP contribution is 2.30. The fourth-order valence-electron chi connectivity index (χ4n) is 2.51. The summed E-state index contributed by atoms with van der Waals surface area (Å²) in [5.74, 6) is 0.870. The zero-order valence-corrected chi connectivity index (χ0v) is 12.0. The number of rotatable bonds is 6. The van der Waals surface area contributed by atoms with Crippen molar-refractivity contribution in [2.45, 2.75) is 51.2 Å². The average molecular weight is 264 g/mol. The summed E-state index contributed by atoms with van der Waals surface area (Å²) in [6.07, 6.45) is 6.19. The molecule has 0 N–H and O–H groups in total. The molecule has 0 heterocycles. The monoisotopic (exact) mass is 264 g/mol. The largest absolute Gasteiger partial charge is 0.497 e. The first-order valence-electron chi connectivity index (χ1n) is 7.06. The summed E-state index contributed by atoms with van der Waals surface area (Å²) in [6, 6.07) is 7.92. The third kappa shape index (κ3) is 4.51. The van der Waals surface area contributed by atoms with Crippen LogP contribution in [0.5, 0.6) is 5.75 Å². The van der Waals surface area contributed by atoms with E-state index in [4.69, 9.17) is 14.2 Å². The lowest BCUT2D eigenvalue weighted by Gasteiger charge is -2.33. The first-order chi connectivity index (χ1) is 9.22. The number of methoxy groups -OCH3 is 1. The minimum absolute atomic E-state index is 0.0260. The lowest BCUT2D eigenvalue weighted by molar-refractivity contribution is -0.151. The number of benzene rings is 1. The van der Waals surface area contributed by atoms with Crippen molar-refractivity contribution in [3.63, 3.8) is 0 Å². The van der Waals surface area contributed by atoms with E-state index in [-0.39, 0.29) is 5.60 Å². The van der Waals surface area contributed by atoms with Gasteiger partial charge in [-0.25, -0.2) is 0 Å². The van der Waals surface area contributed by atoms with Gasteiger partial charge in [-0.05, 0) is 37.5 Å². The summed E-state index contributed by atoms with van der Waals surface area (Å²) < 4.78 is 16.6. The Balaban J connectivity index is 1.68. The molecule has 3 heteroatoms. The van der Waals surface area contributed by atoms with Gasteiger partial charge in [0.05, 0.1) is 19.3 Å². The van der Waals surface area contributed by atoms with Crippen LogP contribution in [0.25, 0.3) is 0 Å². The molecule has 1 aromatic rings. The van der Waals surface area contributed by atoms with Crippen LogP contribution in [0, 0.1) is 0 Å². The van der Waals surface area contributed by atoms with Crippen molar-refractivity contribution in [1.82, 2.24) is 0 Å². The lowest BCUT2D eigenvalue weighted by Crippen LogP contribution is -2.32. The number of hydrogen-bond donors (Lipinski definition) is 0. The summed E-state index contributed by atoms with van der Waals surface area (Å²) in [4.78, 5) is 0. The van der Waals surface area contributed by atoms with Gasteiger partial charge < -0.3 is 14.2 Å². The van der Waals surface area contributed by atoms with Crippen molar-refractivity contribution < 1.29 is 14.2 Å². The van der Waals surface area contributed by atoms with Gasteiger partial charge in [0.2, 0.25) is 0 Å². The molecule has 2 rings (SSSR count). The van der Waals surface area contributed by atoms with Gasteiger partial charge in [0.25, 0.3) is 0 Å². The number of ether oxygens (including phenoxy) is 3. The van der Waals surface area contributed by atoms with Gasteiger partial charge in [-0.15, -0.1) is 0 Å². The van der Waals surface area contributed by atoms with Gasteiger partial charge in [-0.3, -0.25) is 0 Å². The van der Waals surface area contributed by atoms with Crippen LogP contribution >= 0.6 is 0 Å². The maximum atomic E-state index is 5.89. The Hall–Kier alpha value is -1.06. The molecule has 0 saturated heterocycles. The van der Waals surface area contributed by atoms with E-state index in [2.05, 4.69) is 6.92 Å². The molecule has 0 unspecified atom stereocenters. The van der Waals surface area contributed by atoms with Gasteiger partial charge >= 0.3 is 0 Å². The topological polar surface area (TPSA) is 27.7 Å². The minimum Gasteiger partial charge on any atom is -0.497 e. The maximum Gasteiger partial charge on any atom is 0.147 e.